The number of nitrogens with zero attached hydrogens (tertiary/aromatic N) is 2. The summed E-state index contributed by atoms with van der Waals surface area (Å²) in [5, 5.41) is 4.08. The molecule has 0 aliphatic carbocycles. The van der Waals surface area contributed by atoms with Crippen molar-refractivity contribution < 1.29 is 0 Å². The summed E-state index contributed by atoms with van der Waals surface area (Å²) in [6.45, 7) is 3.04. The van der Waals surface area contributed by atoms with E-state index in [0.29, 0.717) is 6.04 Å². The Morgan fingerprint density at radius 1 is 1.64 bits per heavy atom. The molecule has 3 nitrogen and oxygen atoms in total. The standard InChI is InChI=1S/C8H15N3/c1-2-8(9)4-7-11-6-3-5-10-11/h3,5-6,8H,2,4,7,9H2,1H3/t8-/m1/s1. The van der Waals surface area contributed by atoms with Gasteiger partial charge in [-0.3, -0.25) is 4.68 Å². The number of aromatic nitrogens is 2. The summed E-state index contributed by atoms with van der Waals surface area (Å²) in [5.74, 6) is 0. The molecule has 0 aliphatic heterocycles. The summed E-state index contributed by atoms with van der Waals surface area (Å²) < 4.78 is 1.91. The molecule has 62 valence electrons. The molecule has 0 aromatic carbocycles. The van der Waals surface area contributed by atoms with Crippen LogP contribution in [0.1, 0.15) is 19.8 Å². The molecule has 1 heterocycles. The summed E-state index contributed by atoms with van der Waals surface area (Å²) in [6, 6.07) is 2.25. The third-order valence-corrected chi connectivity index (χ3v) is 1.81. The molecule has 0 aliphatic rings. The van der Waals surface area contributed by atoms with Crippen LogP contribution in [-0.4, -0.2) is 15.8 Å². The van der Waals surface area contributed by atoms with Gasteiger partial charge < -0.3 is 5.73 Å². The molecule has 2 N–H and O–H groups in total. The molecule has 1 atom stereocenters. The first-order valence-corrected chi connectivity index (χ1v) is 4.06. The third kappa shape index (κ3) is 2.72. The van der Waals surface area contributed by atoms with Gasteiger partial charge in [0.05, 0.1) is 0 Å². The topological polar surface area (TPSA) is 43.8 Å². The zero-order valence-electron chi connectivity index (χ0n) is 6.90. The minimum atomic E-state index is 0.319. The van der Waals surface area contributed by atoms with Gasteiger partial charge in [-0.15, -0.1) is 0 Å². The molecule has 3 heteroatoms. The van der Waals surface area contributed by atoms with Gasteiger partial charge in [0.2, 0.25) is 0 Å². The van der Waals surface area contributed by atoms with Crippen molar-refractivity contribution in [3.63, 3.8) is 0 Å². The van der Waals surface area contributed by atoms with Gasteiger partial charge in [0.25, 0.3) is 0 Å². The Hall–Kier alpha value is -0.830. The summed E-state index contributed by atoms with van der Waals surface area (Å²) in [5.41, 5.74) is 5.75. The first kappa shape index (κ1) is 8.27. The Labute approximate surface area is 67.2 Å². The quantitative estimate of drug-likeness (QED) is 0.701. The minimum Gasteiger partial charge on any atom is -0.328 e. The van der Waals surface area contributed by atoms with E-state index in [1.165, 1.54) is 0 Å². The van der Waals surface area contributed by atoms with E-state index in [1.54, 1.807) is 6.20 Å². The number of aryl methyl sites for hydroxylation is 1. The normalized spacial score (nSPS) is 13.3. The average molecular weight is 153 g/mol. The van der Waals surface area contributed by atoms with Crippen LogP contribution in [0.2, 0.25) is 0 Å². The van der Waals surface area contributed by atoms with E-state index in [1.807, 2.05) is 16.9 Å². The lowest BCUT2D eigenvalue weighted by Crippen LogP contribution is -2.20. The smallest absolute Gasteiger partial charge is 0.0489 e. The number of nitrogens with two attached hydrogens (primary N) is 1. The molecule has 1 aromatic heterocycles. The van der Waals surface area contributed by atoms with Crippen molar-refractivity contribution in [3.8, 4) is 0 Å². The van der Waals surface area contributed by atoms with Gasteiger partial charge in [0, 0.05) is 25.0 Å². The Morgan fingerprint density at radius 2 is 2.45 bits per heavy atom. The molecule has 1 rings (SSSR count). The molecule has 0 spiro atoms. The van der Waals surface area contributed by atoms with Crippen molar-refractivity contribution in [2.24, 2.45) is 5.73 Å². The molecule has 0 saturated carbocycles. The first-order chi connectivity index (χ1) is 5.33. The summed E-state index contributed by atoms with van der Waals surface area (Å²) in [4.78, 5) is 0. The number of rotatable bonds is 4. The van der Waals surface area contributed by atoms with Gasteiger partial charge in [0.1, 0.15) is 0 Å². The van der Waals surface area contributed by atoms with Gasteiger partial charge in [-0.1, -0.05) is 6.92 Å². The maximum absolute atomic E-state index is 5.75. The van der Waals surface area contributed by atoms with Crippen molar-refractivity contribution >= 4 is 0 Å². The van der Waals surface area contributed by atoms with E-state index < -0.39 is 0 Å². The lowest BCUT2D eigenvalue weighted by Gasteiger charge is -2.07. The molecule has 0 unspecified atom stereocenters. The highest BCUT2D eigenvalue weighted by Crippen LogP contribution is 1.96. The molecule has 0 amide bonds. The van der Waals surface area contributed by atoms with E-state index in [2.05, 4.69) is 12.0 Å². The second-order valence-corrected chi connectivity index (χ2v) is 2.73. The van der Waals surface area contributed by atoms with Crippen LogP contribution < -0.4 is 5.73 Å². The van der Waals surface area contributed by atoms with Crippen LogP contribution in [0.25, 0.3) is 0 Å². The van der Waals surface area contributed by atoms with E-state index in [-0.39, 0.29) is 0 Å². The van der Waals surface area contributed by atoms with Crippen molar-refractivity contribution in [2.75, 3.05) is 0 Å². The lowest BCUT2D eigenvalue weighted by molar-refractivity contribution is 0.501. The van der Waals surface area contributed by atoms with Gasteiger partial charge >= 0.3 is 0 Å². The van der Waals surface area contributed by atoms with Crippen molar-refractivity contribution in [1.29, 1.82) is 0 Å². The molecule has 0 fully saturated rings. The van der Waals surface area contributed by atoms with Gasteiger partial charge in [-0.2, -0.15) is 5.10 Å². The zero-order valence-corrected chi connectivity index (χ0v) is 6.90. The van der Waals surface area contributed by atoms with Crippen LogP contribution in [0, 0.1) is 0 Å². The second kappa shape index (κ2) is 4.13. The Balaban J connectivity index is 2.23. The van der Waals surface area contributed by atoms with E-state index in [4.69, 9.17) is 5.73 Å². The summed E-state index contributed by atoms with van der Waals surface area (Å²) in [6.07, 6.45) is 5.80. The maximum atomic E-state index is 5.75. The summed E-state index contributed by atoms with van der Waals surface area (Å²) >= 11 is 0. The van der Waals surface area contributed by atoms with Crippen LogP contribution in [0.3, 0.4) is 0 Å². The molecular weight excluding hydrogens is 138 g/mol. The molecule has 1 aromatic rings. The predicted octanol–water partition coefficient (Wildman–Crippen LogP) is 1.01. The Kier molecular flexibility index (Phi) is 3.11. The maximum Gasteiger partial charge on any atom is 0.0489 e. The summed E-state index contributed by atoms with van der Waals surface area (Å²) in [7, 11) is 0. The predicted molar refractivity (Wildman–Crippen MR) is 45.1 cm³/mol. The van der Waals surface area contributed by atoms with Gasteiger partial charge in [-0.05, 0) is 18.9 Å². The van der Waals surface area contributed by atoms with Crippen LogP contribution in [0.15, 0.2) is 18.5 Å². The fourth-order valence-corrected chi connectivity index (χ4v) is 0.935. The lowest BCUT2D eigenvalue weighted by atomic mass is 10.2. The molecule has 0 bridgehead atoms. The first-order valence-electron chi connectivity index (χ1n) is 4.06. The van der Waals surface area contributed by atoms with Crippen molar-refractivity contribution in [1.82, 2.24) is 9.78 Å². The SMILES string of the molecule is CC[C@@H](N)CCn1cccn1. The molecule has 0 saturated heterocycles. The largest absolute Gasteiger partial charge is 0.328 e. The van der Waals surface area contributed by atoms with E-state index in [0.717, 1.165) is 19.4 Å². The van der Waals surface area contributed by atoms with Crippen molar-refractivity contribution in [2.45, 2.75) is 32.4 Å². The highest BCUT2D eigenvalue weighted by molar-refractivity contribution is 4.77. The van der Waals surface area contributed by atoms with Crippen LogP contribution in [0.4, 0.5) is 0 Å². The average Bonchev–Trinajstić information content (AvgIpc) is 2.52. The van der Waals surface area contributed by atoms with Crippen LogP contribution >= 0.6 is 0 Å². The molecule has 11 heavy (non-hydrogen) atoms. The van der Waals surface area contributed by atoms with Crippen LogP contribution in [-0.2, 0) is 6.54 Å². The highest BCUT2D eigenvalue weighted by atomic mass is 15.3. The molecular formula is C8H15N3. The van der Waals surface area contributed by atoms with E-state index in [9.17, 15) is 0 Å². The van der Waals surface area contributed by atoms with Crippen molar-refractivity contribution in [3.05, 3.63) is 18.5 Å². The van der Waals surface area contributed by atoms with Gasteiger partial charge in [0.15, 0.2) is 0 Å². The monoisotopic (exact) mass is 153 g/mol. The highest BCUT2D eigenvalue weighted by Gasteiger charge is 1.98. The minimum absolute atomic E-state index is 0.319. The third-order valence-electron chi connectivity index (χ3n) is 1.81. The fraction of sp³-hybridized carbons (Fsp3) is 0.625. The Morgan fingerprint density at radius 3 is 3.00 bits per heavy atom. The fourth-order valence-electron chi connectivity index (χ4n) is 0.935. The van der Waals surface area contributed by atoms with E-state index >= 15 is 0 Å². The zero-order chi connectivity index (χ0) is 8.10. The number of hydrogen-bond acceptors (Lipinski definition) is 2. The molecule has 0 radical (unpaired) electrons. The number of hydrogen-bond donors (Lipinski definition) is 1. The second-order valence-electron chi connectivity index (χ2n) is 2.73. The van der Waals surface area contributed by atoms with Crippen LogP contribution in [0.5, 0.6) is 0 Å². The van der Waals surface area contributed by atoms with Gasteiger partial charge in [-0.25, -0.2) is 0 Å². The Bertz CT molecular complexity index is 181.